The van der Waals surface area contributed by atoms with Crippen LogP contribution in [0.25, 0.3) is 0 Å². The lowest BCUT2D eigenvalue weighted by Crippen LogP contribution is -2.37. The van der Waals surface area contributed by atoms with Crippen LogP contribution in [0.3, 0.4) is 0 Å². The third-order valence-corrected chi connectivity index (χ3v) is 4.23. The number of rotatable bonds is 6. The van der Waals surface area contributed by atoms with Crippen molar-refractivity contribution in [1.29, 1.82) is 0 Å². The first kappa shape index (κ1) is 20.4. The average molecular weight is 458 g/mol. The van der Waals surface area contributed by atoms with Gasteiger partial charge in [0.15, 0.2) is 5.96 Å². The molecule has 0 saturated carbocycles. The Morgan fingerprint density at radius 3 is 2.71 bits per heavy atom. The molecule has 5 nitrogen and oxygen atoms in total. The number of guanidine groups is 1. The van der Waals surface area contributed by atoms with Crippen LogP contribution < -0.4 is 16.0 Å². The Hall–Kier alpha value is -1.61. The summed E-state index contributed by atoms with van der Waals surface area (Å²) in [5.41, 5.74) is 1.80. The standard InChI is InChI=1S/C17H22N4OS.HI/c1-18-16(22)14-6-3-5-13(11-14)8-9-20-17(19-2)21-12-15-7-4-10-23-15;/h3-7,10-11H,8-9,12H2,1-2H3,(H,18,22)(H2,19,20,21);1H. The second-order valence-electron chi connectivity index (χ2n) is 4.96. The molecule has 3 N–H and O–H groups in total. The lowest BCUT2D eigenvalue weighted by atomic mass is 10.1. The maximum absolute atomic E-state index is 11.6. The molecule has 0 radical (unpaired) electrons. The molecule has 0 aliphatic heterocycles. The van der Waals surface area contributed by atoms with E-state index in [-0.39, 0.29) is 29.9 Å². The number of carbonyl (C=O) groups excluding carboxylic acids is 1. The van der Waals surface area contributed by atoms with Gasteiger partial charge in [-0.1, -0.05) is 18.2 Å². The smallest absolute Gasteiger partial charge is 0.251 e. The Bertz CT molecular complexity index is 658. The van der Waals surface area contributed by atoms with Gasteiger partial charge in [-0.2, -0.15) is 0 Å². The molecule has 0 atom stereocenters. The van der Waals surface area contributed by atoms with Gasteiger partial charge in [0.25, 0.3) is 5.91 Å². The van der Waals surface area contributed by atoms with E-state index in [1.165, 1.54) is 4.88 Å². The summed E-state index contributed by atoms with van der Waals surface area (Å²) in [4.78, 5) is 17.1. The first-order valence-corrected chi connectivity index (χ1v) is 8.39. The number of hydrogen-bond donors (Lipinski definition) is 3. The monoisotopic (exact) mass is 458 g/mol. The van der Waals surface area contributed by atoms with E-state index < -0.39 is 0 Å². The third kappa shape index (κ3) is 6.48. The minimum absolute atomic E-state index is 0. The molecule has 24 heavy (non-hydrogen) atoms. The average Bonchev–Trinajstić information content (AvgIpc) is 3.11. The number of halogens is 1. The molecular weight excluding hydrogens is 435 g/mol. The largest absolute Gasteiger partial charge is 0.356 e. The molecule has 0 unspecified atom stereocenters. The number of nitrogens with one attached hydrogen (secondary N) is 3. The molecule has 0 spiro atoms. The van der Waals surface area contributed by atoms with Crippen molar-refractivity contribution in [3.05, 3.63) is 57.8 Å². The summed E-state index contributed by atoms with van der Waals surface area (Å²) >= 11 is 1.72. The van der Waals surface area contributed by atoms with Crippen LogP contribution in [0.1, 0.15) is 20.8 Å². The van der Waals surface area contributed by atoms with Gasteiger partial charge in [-0.25, -0.2) is 0 Å². The van der Waals surface area contributed by atoms with Gasteiger partial charge < -0.3 is 16.0 Å². The SMILES string of the molecule is CN=C(NCCc1cccc(C(=O)NC)c1)NCc1cccs1.I. The normalized spacial score (nSPS) is 10.7. The van der Waals surface area contributed by atoms with Gasteiger partial charge >= 0.3 is 0 Å². The van der Waals surface area contributed by atoms with E-state index in [0.29, 0.717) is 5.56 Å². The summed E-state index contributed by atoms with van der Waals surface area (Å²) in [5.74, 6) is 0.717. The molecule has 0 aliphatic rings. The number of carbonyl (C=O) groups is 1. The van der Waals surface area contributed by atoms with Crippen LogP contribution in [0.4, 0.5) is 0 Å². The predicted octanol–water partition coefficient (Wildman–Crippen LogP) is 2.63. The van der Waals surface area contributed by atoms with E-state index in [9.17, 15) is 4.79 Å². The number of nitrogens with zero attached hydrogens (tertiary/aromatic N) is 1. The van der Waals surface area contributed by atoms with Crippen molar-refractivity contribution in [1.82, 2.24) is 16.0 Å². The lowest BCUT2D eigenvalue weighted by Gasteiger charge is -2.11. The first-order chi connectivity index (χ1) is 11.2. The van der Waals surface area contributed by atoms with E-state index in [0.717, 1.165) is 31.0 Å². The van der Waals surface area contributed by atoms with Gasteiger partial charge in [0.05, 0.1) is 6.54 Å². The fraction of sp³-hybridized carbons (Fsp3) is 0.294. The van der Waals surface area contributed by atoms with Crippen molar-refractivity contribution in [2.24, 2.45) is 4.99 Å². The maximum atomic E-state index is 11.6. The Morgan fingerprint density at radius 1 is 1.21 bits per heavy atom. The van der Waals surface area contributed by atoms with Crippen molar-refractivity contribution in [2.75, 3.05) is 20.6 Å². The summed E-state index contributed by atoms with van der Waals surface area (Å²) in [6.45, 7) is 1.52. The van der Waals surface area contributed by atoms with Gasteiger partial charge in [0, 0.05) is 31.1 Å². The topological polar surface area (TPSA) is 65.5 Å². The van der Waals surface area contributed by atoms with Crippen molar-refractivity contribution in [3.63, 3.8) is 0 Å². The predicted molar refractivity (Wildman–Crippen MR) is 111 cm³/mol. The van der Waals surface area contributed by atoms with Crippen LogP contribution >= 0.6 is 35.3 Å². The maximum Gasteiger partial charge on any atom is 0.251 e. The van der Waals surface area contributed by atoms with Gasteiger partial charge in [-0.3, -0.25) is 9.79 Å². The molecule has 7 heteroatoms. The third-order valence-electron chi connectivity index (χ3n) is 3.36. The molecule has 130 valence electrons. The van der Waals surface area contributed by atoms with Crippen LogP contribution in [0.5, 0.6) is 0 Å². The zero-order chi connectivity index (χ0) is 16.5. The minimum atomic E-state index is -0.0618. The second-order valence-corrected chi connectivity index (χ2v) is 5.99. The Morgan fingerprint density at radius 2 is 2.04 bits per heavy atom. The highest BCUT2D eigenvalue weighted by Crippen LogP contribution is 2.07. The highest BCUT2D eigenvalue weighted by molar-refractivity contribution is 14.0. The zero-order valence-electron chi connectivity index (χ0n) is 13.8. The molecule has 0 bridgehead atoms. The molecule has 0 fully saturated rings. The number of thiophene rings is 1. The first-order valence-electron chi connectivity index (χ1n) is 7.51. The fourth-order valence-electron chi connectivity index (χ4n) is 2.14. The number of hydrogen-bond acceptors (Lipinski definition) is 3. The second kappa shape index (κ2) is 11.0. The molecular formula is C17H23IN4OS. The van der Waals surface area contributed by atoms with E-state index in [1.807, 2.05) is 30.3 Å². The Balaban J connectivity index is 0.00000288. The van der Waals surface area contributed by atoms with Crippen molar-refractivity contribution in [3.8, 4) is 0 Å². The van der Waals surface area contributed by atoms with Crippen molar-refractivity contribution < 1.29 is 4.79 Å². The Kier molecular flexibility index (Phi) is 9.39. The number of aliphatic imine (C=N–C) groups is 1. The van der Waals surface area contributed by atoms with Gasteiger partial charge in [-0.15, -0.1) is 35.3 Å². The van der Waals surface area contributed by atoms with E-state index in [2.05, 4.69) is 32.4 Å². The van der Waals surface area contributed by atoms with E-state index >= 15 is 0 Å². The number of amides is 1. The number of benzene rings is 1. The minimum Gasteiger partial charge on any atom is -0.356 e. The molecule has 2 rings (SSSR count). The summed E-state index contributed by atoms with van der Waals surface area (Å²) in [6, 6.07) is 11.8. The quantitative estimate of drug-likeness (QED) is 0.354. The van der Waals surface area contributed by atoms with Gasteiger partial charge in [-0.05, 0) is 35.6 Å². The van der Waals surface area contributed by atoms with Crippen molar-refractivity contribution in [2.45, 2.75) is 13.0 Å². The molecule has 1 heterocycles. The van der Waals surface area contributed by atoms with Crippen molar-refractivity contribution >= 4 is 47.2 Å². The van der Waals surface area contributed by atoms with Gasteiger partial charge in [0.2, 0.25) is 0 Å². The molecule has 1 aromatic heterocycles. The van der Waals surface area contributed by atoms with Crippen LogP contribution in [-0.4, -0.2) is 32.5 Å². The molecule has 1 aromatic carbocycles. The Labute approximate surface area is 164 Å². The zero-order valence-corrected chi connectivity index (χ0v) is 17.0. The highest BCUT2D eigenvalue weighted by atomic mass is 127. The van der Waals surface area contributed by atoms with Crippen LogP contribution in [0.15, 0.2) is 46.8 Å². The lowest BCUT2D eigenvalue weighted by molar-refractivity contribution is 0.0963. The summed E-state index contributed by atoms with van der Waals surface area (Å²) in [5, 5.41) is 11.3. The molecule has 1 amide bonds. The van der Waals surface area contributed by atoms with Crippen LogP contribution in [0, 0.1) is 0 Å². The molecule has 2 aromatic rings. The fourth-order valence-corrected chi connectivity index (χ4v) is 2.79. The summed E-state index contributed by atoms with van der Waals surface area (Å²) in [7, 11) is 3.40. The van der Waals surface area contributed by atoms with Crippen LogP contribution in [-0.2, 0) is 13.0 Å². The molecule has 0 saturated heterocycles. The highest BCUT2D eigenvalue weighted by Gasteiger charge is 2.04. The van der Waals surface area contributed by atoms with E-state index in [4.69, 9.17) is 0 Å². The van der Waals surface area contributed by atoms with Crippen LogP contribution in [0.2, 0.25) is 0 Å². The van der Waals surface area contributed by atoms with Gasteiger partial charge in [0.1, 0.15) is 0 Å². The summed E-state index contributed by atoms with van der Waals surface area (Å²) in [6.07, 6.45) is 0.824. The summed E-state index contributed by atoms with van der Waals surface area (Å²) < 4.78 is 0. The molecule has 0 aliphatic carbocycles. The van der Waals surface area contributed by atoms with E-state index in [1.54, 1.807) is 25.4 Å².